The number of methoxy groups -OCH3 is 1. The van der Waals surface area contributed by atoms with Crippen molar-refractivity contribution in [2.75, 3.05) is 20.3 Å². The highest BCUT2D eigenvalue weighted by Crippen LogP contribution is 2.25. The summed E-state index contributed by atoms with van der Waals surface area (Å²) in [5.74, 6) is -0.398. The quantitative estimate of drug-likeness (QED) is 0.759. The third kappa shape index (κ3) is 3.18. The molecular weight excluding hydrogens is 211 g/mol. The van der Waals surface area contributed by atoms with E-state index in [1.165, 1.54) is 19.2 Å². The molecule has 0 saturated heterocycles. The molecule has 1 atom stereocenters. The molecule has 0 aliphatic heterocycles. The molecule has 0 spiro atoms. The van der Waals surface area contributed by atoms with Gasteiger partial charge in [0.25, 0.3) is 0 Å². The summed E-state index contributed by atoms with van der Waals surface area (Å²) in [6.07, 6.45) is -0.0884. The van der Waals surface area contributed by atoms with Gasteiger partial charge in [-0.3, -0.25) is 0 Å². The van der Waals surface area contributed by atoms with Crippen LogP contribution in [0.1, 0.15) is 25.0 Å². The van der Waals surface area contributed by atoms with Crippen molar-refractivity contribution < 1.29 is 19.0 Å². The minimum absolute atomic E-state index is 0.0952. The van der Waals surface area contributed by atoms with Gasteiger partial charge in [0.15, 0.2) is 11.6 Å². The lowest BCUT2D eigenvalue weighted by atomic mass is 10.1. The fourth-order valence-corrected chi connectivity index (χ4v) is 1.37. The van der Waals surface area contributed by atoms with Crippen LogP contribution in [0.25, 0.3) is 0 Å². The Labute approximate surface area is 94.8 Å². The van der Waals surface area contributed by atoms with Crippen molar-refractivity contribution in [3.63, 3.8) is 0 Å². The maximum atomic E-state index is 13.7. The first-order chi connectivity index (χ1) is 7.70. The molecule has 0 aliphatic rings. The van der Waals surface area contributed by atoms with Crippen LogP contribution >= 0.6 is 0 Å². The molecular formula is C12H17FO3. The lowest BCUT2D eigenvalue weighted by Gasteiger charge is -2.13. The van der Waals surface area contributed by atoms with Gasteiger partial charge in [0, 0.05) is 12.2 Å². The highest BCUT2D eigenvalue weighted by molar-refractivity contribution is 5.32. The van der Waals surface area contributed by atoms with E-state index in [1.807, 2.05) is 6.92 Å². The van der Waals surface area contributed by atoms with Crippen LogP contribution in [0.5, 0.6) is 5.75 Å². The van der Waals surface area contributed by atoms with Gasteiger partial charge in [-0.15, -0.1) is 0 Å². The minimum Gasteiger partial charge on any atom is -0.494 e. The minimum atomic E-state index is -0.957. The van der Waals surface area contributed by atoms with Crippen molar-refractivity contribution in [3.05, 3.63) is 29.6 Å². The van der Waals surface area contributed by atoms with Gasteiger partial charge in [-0.2, -0.15) is 0 Å². The predicted octanol–water partition coefficient (Wildman–Crippen LogP) is 2.29. The lowest BCUT2D eigenvalue weighted by molar-refractivity contribution is 0.0344. The summed E-state index contributed by atoms with van der Waals surface area (Å²) in [7, 11) is 1.39. The van der Waals surface area contributed by atoms with E-state index in [4.69, 9.17) is 9.47 Å². The molecule has 4 heteroatoms. The van der Waals surface area contributed by atoms with Crippen molar-refractivity contribution in [3.8, 4) is 5.75 Å². The summed E-state index contributed by atoms with van der Waals surface area (Å²) >= 11 is 0. The molecule has 1 N–H and O–H groups in total. The van der Waals surface area contributed by atoms with Crippen LogP contribution in [-0.2, 0) is 4.74 Å². The highest BCUT2D eigenvalue weighted by atomic mass is 19.1. The fourth-order valence-electron chi connectivity index (χ4n) is 1.37. The van der Waals surface area contributed by atoms with Gasteiger partial charge in [-0.25, -0.2) is 4.39 Å². The molecule has 0 saturated carbocycles. The normalized spacial score (nSPS) is 12.5. The molecule has 0 aliphatic carbocycles. The Kier molecular flexibility index (Phi) is 5.22. The van der Waals surface area contributed by atoms with Gasteiger partial charge in [0.05, 0.1) is 13.7 Å². The predicted molar refractivity (Wildman–Crippen MR) is 59.0 cm³/mol. The number of rotatable bonds is 6. The monoisotopic (exact) mass is 228 g/mol. The topological polar surface area (TPSA) is 38.7 Å². The SMILES string of the molecule is CCCOCC(O)c1cccc(OC)c1F. The molecule has 0 fully saturated rings. The second-order valence-corrected chi connectivity index (χ2v) is 3.45. The Bertz CT molecular complexity index is 328. The van der Waals surface area contributed by atoms with E-state index in [9.17, 15) is 9.50 Å². The first-order valence-electron chi connectivity index (χ1n) is 5.28. The van der Waals surface area contributed by atoms with Gasteiger partial charge >= 0.3 is 0 Å². The standard InChI is InChI=1S/C12H17FO3/c1-3-7-16-8-10(14)9-5-4-6-11(15-2)12(9)13/h4-6,10,14H,3,7-8H2,1-2H3. The van der Waals surface area contributed by atoms with E-state index in [0.29, 0.717) is 6.61 Å². The van der Waals surface area contributed by atoms with Crippen molar-refractivity contribution in [2.24, 2.45) is 0 Å². The summed E-state index contributed by atoms with van der Waals surface area (Å²) in [6.45, 7) is 2.62. The first kappa shape index (κ1) is 12.9. The summed E-state index contributed by atoms with van der Waals surface area (Å²) in [5.41, 5.74) is 0.204. The molecule has 0 aromatic heterocycles. The second kappa shape index (κ2) is 6.45. The zero-order valence-corrected chi connectivity index (χ0v) is 9.57. The average Bonchev–Trinajstić information content (AvgIpc) is 2.29. The summed E-state index contributed by atoms with van der Waals surface area (Å²) < 4.78 is 23.7. The number of hydrogen-bond acceptors (Lipinski definition) is 3. The molecule has 0 amide bonds. The Hall–Kier alpha value is -1.13. The zero-order chi connectivity index (χ0) is 12.0. The van der Waals surface area contributed by atoms with Crippen molar-refractivity contribution >= 4 is 0 Å². The Morgan fingerprint density at radius 2 is 2.19 bits per heavy atom. The van der Waals surface area contributed by atoms with E-state index in [1.54, 1.807) is 6.07 Å². The average molecular weight is 228 g/mol. The number of ether oxygens (including phenoxy) is 2. The van der Waals surface area contributed by atoms with E-state index < -0.39 is 11.9 Å². The zero-order valence-electron chi connectivity index (χ0n) is 9.57. The van der Waals surface area contributed by atoms with Crippen LogP contribution in [0.15, 0.2) is 18.2 Å². The van der Waals surface area contributed by atoms with Gasteiger partial charge in [0.1, 0.15) is 6.10 Å². The molecule has 1 rings (SSSR count). The van der Waals surface area contributed by atoms with Crippen LogP contribution in [0.4, 0.5) is 4.39 Å². The van der Waals surface area contributed by atoms with Crippen LogP contribution < -0.4 is 4.74 Å². The molecule has 0 radical (unpaired) electrons. The highest BCUT2D eigenvalue weighted by Gasteiger charge is 2.15. The number of aliphatic hydroxyl groups is 1. The first-order valence-corrected chi connectivity index (χ1v) is 5.28. The largest absolute Gasteiger partial charge is 0.494 e. The van der Waals surface area contributed by atoms with Crippen molar-refractivity contribution in [1.29, 1.82) is 0 Å². The number of benzene rings is 1. The van der Waals surface area contributed by atoms with Gasteiger partial charge in [-0.1, -0.05) is 19.1 Å². The number of halogens is 1. The van der Waals surface area contributed by atoms with E-state index in [0.717, 1.165) is 6.42 Å². The molecule has 1 unspecified atom stereocenters. The molecule has 1 aromatic rings. The molecule has 0 heterocycles. The maximum absolute atomic E-state index is 13.7. The van der Waals surface area contributed by atoms with E-state index >= 15 is 0 Å². The Balaban J connectivity index is 2.71. The van der Waals surface area contributed by atoms with Crippen LogP contribution in [0.3, 0.4) is 0 Å². The third-order valence-electron chi connectivity index (χ3n) is 2.20. The summed E-state index contributed by atoms with van der Waals surface area (Å²) in [5, 5.41) is 9.73. The summed E-state index contributed by atoms with van der Waals surface area (Å²) in [4.78, 5) is 0. The van der Waals surface area contributed by atoms with Crippen LogP contribution in [0, 0.1) is 5.82 Å². The Morgan fingerprint density at radius 3 is 2.81 bits per heavy atom. The lowest BCUT2D eigenvalue weighted by Crippen LogP contribution is -2.10. The van der Waals surface area contributed by atoms with Crippen molar-refractivity contribution in [1.82, 2.24) is 0 Å². The number of hydrogen-bond donors (Lipinski definition) is 1. The summed E-state index contributed by atoms with van der Waals surface area (Å²) in [6, 6.07) is 4.68. The molecule has 16 heavy (non-hydrogen) atoms. The molecule has 1 aromatic carbocycles. The Morgan fingerprint density at radius 1 is 1.44 bits per heavy atom. The molecule has 0 bridgehead atoms. The maximum Gasteiger partial charge on any atom is 0.170 e. The molecule has 3 nitrogen and oxygen atoms in total. The van der Waals surface area contributed by atoms with E-state index in [2.05, 4.69) is 0 Å². The van der Waals surface area contributed by atoms with Gasteiger partial charge in [-0.05, 0) is 12.5 Å². The third-order valence-corrected chi connectivity index (χ3v) is 2.20. The van der Waals surface area contributed by atoms with Crippen LogP contribution in [-0.4, -0.2) is 25.4 Å². The van der Waals surface area contributed by atoms with Gasteiger partial charge < -0.3 is 14.6 Å². The smallest absolute Gasteiger partial charge is 0.170 e. The fraction of sp³-hybridized carbons (Fsp3) is 0.500. The van der Waals surface area contributed by atoms with Crippen LogP contribution in [0.2, 0.25) is 0 Å². The van der Waals surface area contributed by atoms with E-state index in [-0.39, 0.29) is 17.9 Å². The number of aliphatic hydroxyl groups excluding tert-OH is 1. The van der Waals surface area contributed by atoms with Crippen molar-refractivity contribution in [2.45, 2.75) is 19.4 Å². The van der Waals surface area contributed by atoms with Gasteiger partial charge in [0.2, 0.25) is 0 Å². The molecule has 90 valence electrons. The second-order valence-electron chi connectivity index (χ2n) is 3.45.